The molecule has 1 fully saturated rings. The summed E-state index contributed by atoms with van der Waals surface area (Å²) < 4.78 is 0.757. The van der Waals surface area contributed by atoms with Gasteiger partial charge in [-0.05, 0) is 31.3 Å². The van der Waals surface area contributed by atoms with E-state index in [0.29, 0.717) is 29.3 Å². The van der Waals surface area contributed by atoms with Gasteiger partial charge in [-0.25, -0.2) is 4.98 Å². The van der Waals surface area contributed by atoms with Crippen molar-refractivity contribution < 1.29 is 14.5 Å². The van der Waals surface area contributed by atoms with Crippen molar-refractivity contribution in [1.82, 2.24) is 14.8 Å². The maximum Gasteiger partial charge on any atom is 0.282 e. The van der Waals surface area contributed by atoms with Crippen LogP contribution in [-0.2, 0) is 0 Å². The number of nitro groups is 1. The van der Waals surface area contributed by atoms with Gasteiger partial charge in [-0.1, -0.05) is 23.5 Å². The number of nitrogens with one attached hydrogen (secondary N) is 1. The molecule has 154 valence electrons. The molecule has 1 saturated heterocycles. The number of thiazole rings is 1. The van der Waals surface area contributed by atoms with Crippen LogP contribution >= 0.6 is 11.3 Å². The molecule has 0 atom stereocenters. The molecule has 0 bridgehead atoms. The first-order chi connectivity index (χ1) is 14.4. The lowest BCUT2D eigenvalue weighted by Gasteiger charge is -2.32. The van der Waals surface area contributed by atoms with Crippen LogP contribution in [0, 0.1) is 10.1 Å². The van der Waals surface area contributed by atoms with Crippen LogP contribution in [0.15, 0.2) is 42.5 Å². The standard InChI is InChI=1S/C20H19N5O4S/c1-23-8-10-24(11-9-23)19(27)13-6-7-15-17(12-13)30-20(21-15)22-18(26)14-4-2-3-5-16(14)25(28)29/h2-7,12H,8-11H2,1H3,(H,21,22,26). The number of hydrogen-bond acceptors (Lipinski definition) is 7. The van der Waals surface area contributed by atoms with E-state index >= 15 is 0 Å². The second-order valence-corrected chi connectivity index (χ2v) is 8.06. The molecule has 1 aliphatic heterocycles. The number of nitro benzene ring substituents is 1. The molecule has 1 aromatic heterocycles. The van der Waals surface area contributed by atoms with Gasteiger partial charge in [-0.3, -0.25) is 25.0 Å². The second-order valence-electron chi connectivity index (χ2n) is 7.03. The quantitative estimate of drug-likeness (QED) is 0.509. The summed E-state index contributed by atoms with van der Waals surface area (Å²) in [6.07, 6.45) is 0. The molecule has 30 heavy (non-hydrogen) atoms. The minimum Gasteiger partial charge on any atom is -0.336 e. The Morgan fingerprint density at radius 3 is 2.60 bits per heavy atom. The zero-order valence-electron chi connectivity index (χ0n) is 16.2. The van der Waals surface area contributed by atoms with E-state index in [0.717, 1.165) is 17.8 Å². The number of carbonyl (C=O) groups is 2. The van der Waals surface area contributed by atoms with Crippen LogP contribution in [0.4, 0.5) is 10.8 Å². The monoisotopic (exact) mass is 425 g/mol. The Bertz CT molecular complexity index is 1140. The molecule has 4 rings (SSSR count). The van der Waals surface area contributed by atoms with Crippen LogP contribution < -0.4 is 5.32 Å². The number of anilines is 1. The number of piperazine rings is 1. The zero-order chi connectivity index (χ0) is 21.3. The van der Waals surface area contributed by atoms with Crippen LogP contribution in [-0.4, -0.2) is 64.7 Å². The summed E-state index contributed by atoms with van der Waals surface area (Å²) >= 11 is 1.22. The fourth-order valence-corrected chi connectivity index (χ4v) is 4.19. The number of para-hydroxylation sites is 1. The molecule has 1 N–H and O–H groups in total. The van der Waals surface area contributed by atoms with Crippen LogP contribution in [0.1, 0.15) is 20.7 Å². The molecule has 10 heteroatoms. The van der Waals surface area contributed by atoms with Crippen LogP contribution in [0.3, 0.4) is 0 Å². The fourth-order valence-electron chi connectivity index (χ4n) is 3.29. The van der Waals surface area contributed by atoms with E-state index < -0.39 is 10.8 Å². The summed E-state index contributed by atoms with van der Waals surface area (Å²) in [5, 5.41) is 14.1. The largest absolute Gasteiger partial charge is 0.336 e. The minimum atomic E-state index is -0.602. The maximum atomic E-state index is 12.8. The highest BCUT2D eigenvalue weighted by Crippen LogP contribution is 2.28. The highest BCUT2D eigenvalue weighted by Gasteiger charge is 2.22. The summed E-state index contributed by atoms with van der Waals surface area (Å²) in [4.78, 5) is 44.2. The van der Waals surface area contributed by atoms with Gasteiger partial charge in [0.1, 0.15) is 5.56 Å². The minimum absolute atomic E-state index is 0.0242. The topological polar surface area (TPSA) is 109 Å². The molecular formula is C20H19N5O4S. The Balaban J connectivity index is 1.54. The summed E-state index contributed by atoms with van der Waals surface area (Å²) in [5.74, 6) is -0.626. The number of amides is 2. The summed E-state index contributed by atoms with van der Waals surface area (Å²) in [6.45, 7) is 3.06. The van der Waals surface area contributed by atoms with E-state index in [1.807, 2.05) is 11.9 Å². The highest BCUT2D eigenvalue weighted by molar-refractivity contribution is 7.22. The molecular weight excluding hydrogens is 406 g/mol. The Morgan fingerprint density at radius 1 is 1.13 bits per heavy atom. The average Bonchev–Trinajstić information content (AvgIpc) is 3.15. The van der Waals surface area contributed by atoms with Crippen molar-refractivity contribution in [2.45, 2.75) is 0 Å². The lowest BCUT2D eigenvalue weighted by Crippen LogP contribution is -2.47. The number of benzene rings is 2. The van der Waals surface area contributed by atoms with E-state index in [9.17, 15) is 19.7 Å². The van der Waals surface area contributed by atoms with E-state index in [1.165, 1.54) is 29.5 Å². The Morgan fingerprint density at radius 2 is 1.87 bits per heavy atom. The van der Waals surface area contributed by atoms with Gasteiger partial charge in [-0.15, -0.1) is 0 Å². The molecule has 9 nitrogen and oxygen atoms in total. The van der Waals surface area contributed by atoms with Gasteiger partial charge in [0.05, 0.1) is 15.1 Å². The van der Waals surface area contributed by atoms with Crippen molar-refractivity contribution in [3.63, 3.8) is 0 Å². The first-order valence-electron chi connectivity index (χ1n) is 9.35. The van der Waals surface area contributed by atoms with Gasteiger partial charge in [-0.2, -0.15) is 0 Å². The van der Waals surface area contributed by atoms with Crippen LogP contribution in [0.25, 0.3) is 10.2 Å². The summed E-state index contributed by atoms with van der Waals surface area (Å²) in [7, 11) is 2.03. The van der Waals surface area contributed by atoms with Gasteiger partial charge >= 0.3 is 0 Å². The number of nitrogens with zero attached hydrogens (tertiary/aromatic N) is 4. The maximum absolute atomic E-state index is 12.8. The van der Waals surface area contributed by atoms with Crippen molar-refractivity contribution in [2.24, 2.45) is 0 Å². The average molecular weight is 425 g/mol. The Hall–Kier alpha value is -3.37. The molecule has 0 radical (unpaired) electrons. The molecule has 2 aromatic carbocycles. The third-order valence-electron chi connectivity index (χ3n) is 4.99. The van der Waals surface area contributed by atoms with Crippen molar-refractivity contribution in [3.8, 4) is 0 Å². The zero-order valence-corrected chi connectivity index (χ0v) is 17.0. The summed E-state index contributed by atoms with van der Waals surface area (Å²) in [5.41, 5.74) is 0.920. The number of hydrogen-bond donors (Lipinski definition) is 1. The lowest BCUT2D eigenvalue weighted by molar-refractivity contribution is -0.385. The van der Waals surface area contributed by atoms with Crippen LogP contribution in [0.5, 0.6) is 0 Å². The van der Waals surface area contributed by atoms with Gasteiger partial charge in [0.25, 0.3) is 17.5 Å². The van der Waals surface area contributed by atoms with Gasteiger partial charge < -0.3 is 9.80 Å². The predicted molar refractivity (Wildman–Crippen MR) is 114 cm³/mol. The predicted octanol–water partition coefficient (Wildman–Crippen LogP) is 2.84. The second kappa shape index (κ2) is 8.17. The molecule has 1 aliphatic rings. The molecule has 0 spiro atoms. The number of carbonyl (C=O) groups excluding carboxylic acids is 2. The third-order valence-corrected chi connectivity index (χ3v) is 5.93. The van der Waals surface area contributed by atoms with Crippen molar-refractivity contribution in [2.75, 3.05) is 38.5 Å². The van der Waals surface area contributed by atoms with Gasteiger partial charge in [0.15, 0.2) is 5.13 Å². The SMILES string of the molecule is CN1CCN(C(=O)c2ccc3nc(NC(=O)c4ccccc4[N+](=O)[O-])sc3c2)CC1. The molecule has 0 unspecified atom stereocenters. The Labute approximate surface area is 176 Å². The number of fused-ring (bicyclic) bond motifs is 1. The van der Waals surface area contributed by atoms with Crippen molar-refractivity contribution in [3.05, 3.63) is 63.7 Å². The molecule has 2 heterocycles. The van der Waals surface area contributed by atoms with Crippen molar-refractivity contribution >= 4 is 44.2 Å². The first kappa shape index (κ1) is 19.9. The van der Waals surface area contributed by atoms with E-state index in [4.69, 9.17) is 0 Å². The van der Waals surface area contributed by atoms with Gasteiger partial charge in [0.2, 0.25) is 0 Å². The van der Waals surface area contributed by atoms with E-state index in [-0.39, 0.29) is 17.2 Å². The van der Waals surface area contributed by atoms with Crippen LogP contribution in [0.2, 0.25) is 0 Å². The van der Waals surface area contributed by atoms with Gasteiger partial charge in [0, 0.05) is 37.8 Å². The van der Waals surface area contributed by atoms with E-state index in [2.05, 4.69) is 15.2 Å². The third kappa shape index (κ3) is 4.00. The number of rotatable bonds is 4. The van der Waals surface area contributed by atoms with E-state index in [1.54, 1.807) is 24.3 Å². The smallest absolute Gasteiger partial charge is 0.282 e. The molecule has 0 saturated carbocycles. The molecule has 2 amide bonds. The normalized spacial score (nSPS) is 14.6. The fraction of sp³-hybridized carbons (Fsp3) is 0.250. The molecule has 3 aromatic rings. The number of aromatic nitrogens is 1. The Kier molecular flexibility index (Phi) is 5.42. The first-order valence-corrected chi connectivity index (χ1v) is 10.2. The van der Waals surface area contributed by atoms with Crippen molar-refractivity contribution in [1.29, 1.82) is 0 Å². The number of likely N-dealkylation sites (N-methyl/N-ethyl adjacent to an activating group) is 1. The molecule has 0 aliphatic carbocycles. The lowest BCUT2D eigenvalue weighted by atomic mass is 10.1. The summed E-state index contributed by atoms with van der Waals surface area (Å²) in [6, 6.07) is 11.0. The highest BCUT2D eigenvalue weighted by atomic mass is 32.1.